The Morgan fingerprint density at radius 3 is 3.00 bits per heavy atom. The molecule has 1 aromatic carbocycles. The molecule has 1 aliphatic rings. The van der Waals surface area contributed by atoms with E-state index in [1.54, 1.807) is 11.8 Å². The van der Waals surface area contributed by atoms with E-state index < -0.39 is 0 Å². The molecule has 1 amide bonds. The lowest BCUT2D eigenvalue weighted by molar-refractivity contribution is -0.117. The number of anilines is 1. The smallest absolute Gasteiger partial charge is 0.228 e. The van der Waals surface area contributed by atoms with E-state index in [0.717, 1.165) is 27.1 Å². The molecule has 4 rings (SSSR count). The fourth-order valence-electron chi connectivity index (χ4n) is 2.49. The maximum atomic E-state index is 12.4. The Morgan fingerprint density at radius 1 is 1.30 bits per heavy atom. The number of nitrogens with one attached hydrogen (secondary N) is 1. The minimum Gasteiger partial charge on any atom is -0.469 e. The maximum absolute atomic E-state index is 12.4. The van der Waals surface area contributed by atoms with Crippen LogP contribution in [-0.2, 0) is 4.79 Å². The molecule has 116 valence electrons. The molecule has 2 atom stereocenters. The Labute approximate surface area is 141 Å². The summed E-state index contributed by atoms with van der Waals surface area (Å²) in [5.41, 5.74) is 2.50. The zero-order chi connectivity index (χ0) is 15.6. The average molecular weight is 343 g/mol. The number of carbonyl (C=O) groups is 1. The van der Waals surface area contributed by atoms with E-state index in [4.69, 9.17) is 4.42 Å². The van der Waals surface area contributed by atoms with Crippen molar-refractivity contribution in [1.29, 1.82) is 0 Å². The Kier molecular flexibility index (Phi) is 3.88. The van der Waals surface area contributed by atoms with Crippen molar-refractivity contribution >= 4 is 34.7 Å². The number of furan rings is 1. The van der Waals surface area contributed by atoms with Crippen LogP contribution in [0.3, 0.4) is 0 Å². The van der Waals surface area contributed by atoms with Crippen LogP contribution >= 0.6 is 23.1 Å². The second kappa shape index (κ2) is 6.17. The van der Waals surface area contributed by atoms with Gasteiger partial charge in [0, 0.05) is 16.7 Å². The van der Waals surface area contributed by atoms with Gasteiger partial charge in [-0.3, -0.25) is 4.79 Å². The molecule has 0 aliphatic heterocycles. The minimum absolute atomic E-state index is 0.0132. The highest BCUT2D eigenvalue weighted by Gasteiger charge is 2.45. The first kappa shape index (κ1) is 14.5. The Morgan fingerprint density at radius 2 is 2.22 bits per heavy atom. The molecular weight excluding hydrogens is 330 g/mol. The van der Waals surface area contributed by atoms with Crippen molar-refractivity contribution in [3.8, 4) is 0 Å². The van der Waals surface area contributed by atoms with Crippen molar-refractivity contribution in [2.45, 2.75) is 21.6 Å². The van der Waals surface area contributed by atoms with Gasteiger partial charge in [0.25, 0.3) is 0 Å². The van der Waals surface area contributed by atoms with Gasteiger partial charge < -0.3 is 9.73 Å². The summed E-state index contributed by atoms with van der Waals surface area (Å²) in [7, 11) is 0. The number of benzene rings is 1. The van der Waals surface area contributed by atoms with E-state index >= 15 is 0 Å². The number of nitrogens with zero attached hydrogens (tertiary/aromatic N) is 2. The van der Waals surface area contributed by atoms with E-state index in [2.05, 4.69) is 15.5 Å². The summed E-state index contributed by atoms with van der Waals surface area (Å²) in [6.07, 6.45) is 2.49. The summed E-state index contributed by atoms with van der Waals surface area (Å²) in [6, 6.07) is 11.5. The summed E-state index contributed by atoms with van der Waals surface area (Å²) in [4.78, 5) is 13.4. The molecule has 0 saturated heterocycles. The standard InChI is InChI=1S/C16H13N3O2S2/c20-15(11-8-10(11)13-5-3-7-21-13)18-12-4-1-2-6-14(12)23-16-19-17-9-22-16/h1-7,9-11H,8H2,(H,18,20)/t10-,11+/m0/s1. The normalized spacial score (nSPS) is 19.5. The first-order valence-electron chi connectivity index (χ1n) is 7.18. The molecule has 0 radical (unpaired) electrons. The number of rotatable bonds is 5. The summed E-state index contributed by atoms with van der Waals surface area (Å²) in [5, 5.41) is 10.9. The highest BCUT2D eigenvalue weighted by atomic mass is 32.2. The average Bonchev–Trinajstić information content (AvgIpc) is 2.97. The van der Waals surface area contributed by atoms with E-state index in [-0.39, 0.29) is 17.7 Å². The highest BCUT2D eigenvalue weighted by Crippen LogP contribution is 2.48. The van der Waals surface area contributed by atoms with Gasteiger partial charge in [-0.1, -0.05) is 35.2 Å². The van der Waals surface area contributed by atoms with Crippen LogP contribution in [0.4, 0.5) is 5.69 Å². The third kappa shape index (κ3) is 3.16. The number of para-hydroxylation sites is 1. The van der Waals surface area contributed by atoms with E-state index in [9.17, 15) is 4.79 Å². The van der Waals surface area contributed by atoms with Gasteiger partial charge in [-0.15, -0.1) is 10.2 Å². The first-order valence-corrected chi connectivity index (χ1v) is 8.88. The first-order chi connectivity index (χ1) is 11.3. The highest BCUT2D eigenvalue weighted by molar-refractivity contribution is 8.01. The maximum Gasteiger partial charge on any atom is 0.228 e. The Hall–Kier alpha value is -2.12. The summed E-state index contributed by atoms with van der Waals surface area (Å²) in [6.45, 7) is 0. The lowest BCUT2D eigenvalue weighted by atomic mass is 10.2. The molecule has 5 nitrogen and oxygen atoms in total. The molecule has 0 bridgehead atoms. The zero-order valence-electron chi connectivity index (χ0n) is 12.0. The quantitative estimate of drug-likeness (QED) is 0.758. The van der Waals surface area contributed by atoms with Crippen molar-refractivity contribution in [3.63, 3.8) is 0 Å². The van der Waals surface area contributed by atoms with Crippen molar-refractivity contribution in [1.82, 2.24) is 10.2 Å². The molecule has 7 heteroatoms. The monoisotopic (exact) mass is 343 g/mol. The SMILES string of the molecule is O=C(Nc1ccccc1Sc1nncs1)[C@@H]1C[C@@H]1c1ccco1. The van der Waals surface area contributed by atoms with Crippen molar-refractivity contribution < 1.29 is 9.21 Å². The third-order valence-electron chi connectivity index (χ3n) is 3.72. The molecule has 1 aliphatic carbocycles. The third-order valence-corrected chi connectivity index (χ3v) is 5.57. The second-order valence-electron chi connectivity index (χ2n) is 5.26. The van der Waals surface area contributed by atoms with Gasteiger partial charge in [-0.2, -0.15) is 0 Å². The van der Waals surface area contributed by atoms with Crippen molar-refractivity contribution in [3.05, 3.63) is 53.9 Å². The minimum atomic E-state index is -0.0132. The van der Waals surface area contributed by atoms with E-state index in [1.807, 2.05) is 36.4 Å². The molecule has 1 saturated carbocycles. The molecule has 0 spiro atoms. The van der Waals surface area contributed by atoms with E-state index in [0.29, 0.717) is 0 Å². The van der Waals surface area contributed by atoms with Crippen LogP contribution in [0, 0.1) is 5.92 Å². The fraction of sp³-hybridized carbons (Fsp3) is 0.188. The molecule has 23 heavy (non-hydrogen) atoms. The molecule has 3 aromatic rings. The van der Waals surface area contributed by atoms with E-state index in [1.165, 1.54) is 23.1 Å². The number of hydrogen-bond acceptors (Lipinski definition) is 6. The predicted molar refractivity (Wildman–Crippen MR) is 88.7 cm³/mol. The summed E-state index contributed by atoms with van der Waals surface area (Å²) < 4.78 is 6.24. The van der Waals surface area contributed by atoms with Crippen LogP contribution < -0.4 is 5.32 Å². The molecule has 2 aromatic heterocycles. The van der Waals surface area contributed by atoms with Crippen molar-refractivity contribution in [2.24, 2.45) is 5.92 Å². The van der Waals surface area contributed by atoms with Gasteiger partial charge in [0.15, 0.2) is 4.34 Å². The number of amides is 1. The van der Waals surface area contributed by atoms with Gasteiger partial charge in [0.1, 0.15) is 11.3 Å². The molecule has 0 unspecified atom stereocenters. The number of aromatic nitrogens is 2. The van der Waals surface area contributed by atoms with Crippen LogP contribution in [0.2, 0.25) is 0 Å². The Balaban J connectivity index is 1.46. The van der Waals surface area contributed by atoms with Crippen LogP contribution in [0.1, 0.15) is 18.1 Å². The number of carbonyl (C=O) groups excluding carboxylic acids is 1. The van der Waals surface area contributed by atoms with Gasteiger partial charge in [-0.05, 0) is 30.7 Å². The second-order valence-corrected chi connectivity index (χ2v) is 7.38. The van der Waals surface area contributed by atoms with Gasteiger partial charge in [-0.25, -0.2) is 0 Å². The van der Waals surface area contributed by atoms with Crippen molar-refractivity contribution in [2.75, 3.05) is 5.32 Å². The van der Waals surface area contributed by atoms with Crippen LogP contribution in [0.25, 0.3) is 0 Å². The van der Waals surface area contributed by atoms with Crippen LogP contribution in [-0.4, -0.2) is 16.1 Å². The number of hydrogen-bond donors (Lipinski definition) is 1. The Bertz CT molecular complexity index is 803. The van der Waals surface area contributed by atoms with Crippen LogP contribution in [0.15, 0.2) is 61.8 Å². The summed E-state index contributed by atoms with van der Waals surface area (Å²) >= 11 is 2.98. The fourth-order valence-corrected chi connectivity index (χ4v) is 4.01. The molecule has 1 N–H and O–H groups in total. The predicted octanol–water partition coefficient (Wildman–Crippen LogP) is 4.02. The topological polar surface area (TPSA) is 68.0 Å². The molecule has 2 heterocycles. The molecular formula is C16H13N3O2S2. The summed E-state index contributed by atoms with van der Waals surface area (Å²) in [5.74, 6) is 1.12. The van der Waals surface area contributed by atoms with Gasteiger partial charge in [0.2, 0.25) is 5.91 Å². The van der Waals surface area contributed by atoms with Gasteiger partial charge in [0.05, 0.1) is 12.0 Å². The lowest BCUT2D eigenvalue weighted by Crippen LogP contribution is -2.15. The van der Waals surface area contributed by atoms with Crippen LogP contribution in [0.5, 0.6) is 0 Å². The largest absolute Gasteiger partial charge is 0.469 e. The molecule has 1 fully saturated rings. The lowest BCUT2D eigenvalue weighted by Gasteiger charge is -2.09. The zero-order valence-corrected chi connectivity index (χ0v) is 13.6. The van der Waals surface area contributed by atoms with Gasteiger partial charge >= 0.3 is 0 Å².